The van der Waals surface area contributed by atoms with Crippen LogP contribution in [0.1, 0.15) is 6.42 Å². The molecule has 1 heterocycles. The van der Waals surface area contributed by atoms with Gasteiger partial charge < -0.3 is 10.4 Å². The molecule has 0 saturated heterocycles. The average molecular weight is 232 g/mol. The second-order valence-electron chi connectivity index (χ2n) is 2.23. The molecule has 0 atom stereocenters. The number of aliphatic hydroxyl groups is 1. The number of nitrogens with one attached hydrogen (secondary N) is 1. The molecule has 0 radical (unpaired) electrons. The van der Waals surface area contributed by atoms with Gasteiger partial charge in [-0.25, -0.2) is 9.97 Å². The minimum absolute atomic E-state index is 0.194. The molecule has 0 bridgehead atoms. The van der Waals surface area contributed by atoms with Gasteiger partial charge in [-0.1, -0.05) is 0 Å². The smallest absolute Gasteiger partial charge is 0.130 e. The van der Waals surface area contributed by atoms with Crippen molar-refractivity contribution in [2.45, 2.75) is 6.42 Å². The maximum Gasteiger partial charge on any atom is 0.130 e. The van der Waals surface area contributed by atoms with Gasteiger partial charge in [0.1, 0.15) is 16.7 Å². The summed E-state index contributed by atoms with van der Waals surface area (Å²) < 4.78 is 0.754. The highest BCUT2D eigenvalue weighted by Crippen LogP contribution is 2.08. The van der Waals surface area contributed by atoms with Gasteiger partial charge in [-0.2, -0.15) is 0 Å². The first kappa shape index (κ1) is 9.41. The molecule has 0 aliphatic carbocycles. The summed E-state index contributed by atoms with van der Waals surface area (Å²) in [6.45, 7) is 0.916. The van der Waals surface area contributed by atoms with Gasteiger partial charge in [0.25, 0.3) is 0 Å². The van der Waals surface area contributed by atoms with Gasteiger partial charge in [-0.05, 0) is 22.4 Å². The normalized spacial score (nSPS) is 9.83. The summed E-state index contributed by atoms with van der Waals surface area (Å²) in [5.41, 5.74) is 0. The van der Waals surface area contributed by atoms with E-state index in [9.17, 15) is 0 Å². The van der Waals surface area contributed by atoms with Crippen LogP contribution in [0.2, 0.25) is 0 Å². The lowest BCUT2D eigenvalue weighted by Gasteiger charge is -2.02. The monoisotopic (exact) mass is 231 g/mol. The Labute approximate surface area is 79.2 Å². The van der Waals surface area contributed by atoms with Gasteiger partial charge in [-0.15, -0.1) is 0 Å². The van der Waals surface area contributed by atoms with Crippen molar-refractivity contribution in [2.75, 3.05) is 18.5 Å². The predicted molar refractivity (Wildman–Crippen MR) is 49.9 cm³/mol. The molecule has 0 saturated carbocycles. The molecule has 2 N–H and O–H groups in total. The van der Waals surface area contributed by atoms with E-state index in [1.54, 1.807) is 6.07 Å². The Morgan fingerprint density at radius 2 is 2.33 bits per heavy atom. The Morgan fingerprint density at radius 3 is 3.00 bits per heavy atom. The first-order valence-corrected chi connectivity index (χ1v) is 4.44. The minimum atomic E-state index is 0.194. The summed E-state index contributed by atoms with van der Waals surface area (Å²) in [5, 5.41) is 11.6. The third kappa shape index (κ3) is 3.15. The maximum absolute atomic E-state index is 8.52. The summed E-state index contributed by atoms with van der Waals surface area (Å²) >= 11 is 3.23. The molecule has 0 aromatic carbocycles. The predicted octanol–water partition coefficient (Wildman–Crippen LogP) is 1.03. The van der Waals surface area contributed by atoms with Crippen molar-refractivity contribution < 1.29 is 5.11 Å². The molecule has 1 aromatic rings. The average Bonchev–Trinajstić information content (AvgIpc) is 2.05. The van der Waals surface area contributed by atoms with Crippen LogP contribution in [0.25, 0.3) is 0 Å². The van der Waals surface area contributed by atoms with Crippen LogP contribution < -0.4 is 5.32 Å². The van der Waals surface area contributed by atoms with Crippen molar-refractivity contribution in [3.8, 4) is 0 Å². The quantitative estimate of drug-likeness (QED) is 0.601. The van der Waals surface area contributed by atoms with Gasteiger partial charge >= 0.3 is 0 Å². The Balaban J connectivity index is 2.41. The fourth-order valence-corrected chi connectivity index (χ4v) is 1.03. The standard InChI is InChI=1S/C7H10BrN3O/c8-6-4-7(11-5-10-6)9-2-1-3-12/h4-5,12H,1-3H2,(H,9,10,11). The summed E-state index contributed by atoms with van der Waals surface area (Å²) in [5.74, 6) is 0.769. The third-order valence-corrected chi connectivity index (χ3v) is 1.71. The number of hydrogen-bond donors (Lipinski definition) is 2. The zero-order valence-corrected chi connectivity index (χ0v) is 8.08. The van der Waals surface area contributed by atoms with Gasteiger partial charge in [0.15, 0.2) is 0 Å². The summed E-state index contributed by atoms with van der Waals surface area (Å²) in [7, 11) is 0. The second kappa shape index (κ2) is 5.05. The number of aromatic nitrogens is 2. The lowest BCUT2D eigenvalue weighted by Crippen LogP contribution is -2.04. The van der Waals surface area contributed by atoms with Crippen molar-refractivity contribution >= 4 is 21.7 Å². The fraction of sp³-hybridized carbons (Fsp3) is 0.429. The minimum Gasteiger partial charge on any atom is -0.396 e. The molecule has 1 aromatic heterocycles. The van der Waals surface area contributed by atoms with E-state index in [0.29, 0.717) is 0 Å². The number of hydrogen-bond acceptors (Lipinski definition) is 4. The van der Waals surface area contributed by atoms with Crippen LogP contribution in [0, 0.1) is 0 Å². The molecule has 12 heavy (non-hydrogen) atoms. The highest BCUT2D eigenvalue weighted by atomic mass is 79.9. The van der Waals surface area contributed by atoms with Crippen LogP contribution >= 0.6 is 15.9 Å². The van der Waals surface area contributed by atoms with Crippen molar-refractivity contribution in [1.82, 2.24) is 9.97 Å². The SMILES string of the molecule is OCCCNc1cc(Br)ncn1. The summed E-state index contributed by atoms with van der Waals surface area (Å²) in [4.78, 5) is 7.86. The molecule has 1 rings (SSSR count). The van der Waals surface area contributed by atoms with Gasteiger partial charge in [-0.3, -0.25) is 0 Å². The first-order valence-electron chi connectivity index (χ1n) is 3.65. The Hall–Kier alpha value is -0.680. The highest BCUT2D eigenvalue weighted by Gasteiger charge is 1.93. The Kier molecular flexibility index (Phi) is 3.96. The van der Waals surface area contributed by atoms with E-state index in [-0.39, 0.29) is 6.61 Å². The highest BCUT2D eigenvalue weighted by molar-refractivity contribution is 9.10. The number of aliphatic hydroxyl groups excluding tert-OH is 1. The first-order chi connectivity index (χ1) is 5.83. The third-order valence-electron chi connectivity index (χ3n) is 1.27. The Bertz CT molecular complexity index is 244. The van der Waals surface area contributed by atoms with Gasteiger partial charge in [0.05, 0.1) is 0 Å². The number of rotatable bonds is 4. The second-order valence-corrected chi connectivity index (χ2v) is 3.04. The summed E-state index contributed by atoms with van der Waals surface area (Å²) in [6, 6.07) is 1.79. The largest absolute Gasteiger partial charge is 0.396 e. The molecule has 66 valence electrons. The van der Waals surface area contributed by atoms with Gasteiger partial charge in [0.2, 0.25) is 0 Å². The number of halogens is 1. The molecule has 0 aliphatic rings. The van der Waals surface area contributed by atoms with Crippen LogP contribution in [0.5, 0.6) is 0 Å². The van der Waals surface area contributed by atoms with E-state index in [0.717, 1.165) is 23.4 Å². The molecular weight excluding hydrogens is 222 g/mol. The van der Waals surface area contributed by atoms with E-state index >= 15 is 0 Å². The van der Waals surface area contributed by atoms with E-state index in [1.165, 1.54) is 6.33 Å². The maximum atomic E-state index is 8.52. The molecule has 0 aliphatic heterocycles. The lowest BCUT2D eigenvalue weighted by atomic mass is 10.4. The zero-order chi connectivity index (χ0) is 8.81. The molecule has 4 nitrogen and oxygen atoms in total. The van der Waals surface area contributed by atoms with E-state index in [4.69, 9.17) is 5.11 Å². The van der Waals surface area contributed by atoms with Crippen molar-refractivity contribution in [1.29, 1.82) is 0 Å². The lowest BCUT2D eigenvalue weighted by molar-refractivity contribution is 0.292. The molecule has 5 heteroatoms. The fourth-order valence-electron chi connectivity index (χ4n) is 0.726. The van der Waals surface area contributed by atoms with Crippen molar-refractivity contribution in [2.24, 2.45) is 0 Å². The van der Waals surface area contributed by atoms with Crippen LogP contribution in [-0.2, 0) is 0 Å². The Morgan fingerprint density at radius 1 is 1.50 bits per heavy atom. The van der Waals surface area contributed by atoms with Crippen molar-refractivity contribution in [3.63, 3.8) is 0 Å². The van der Waals surface area contributed by atoms with Crippen LogP contribution in [0.4, 0.5) is 5.82 Å². The van der Waals surface area contributed by atoms with E-state index in [2.05, 4.69) is 31.2 Å². The van der Waals surface area contributed by atoms with Gasteiger partial charge in [0, 0.05) is 19.2 Å². The number of anilines is 1. The topological polar surface area (TPSA) is 58.0 Å². The summed E-state index contributed by atoms with van der Waals surface area (Å²) in [6.07, 6.45) is 2.20. The van der Waals surface area contributed by atoms with Crippen molar-refractivity contribution in [3.05, 3.63) is 17.0 Å². The van der Waals surface area contributed by atoms with Crippen LogP contribution in [0.3, 0.4) is 0 Å². The number of nitrogens with zero attached hydrogens (tertiary/aromatic N) is 2. The van der Waals surface area contributed by atoms with E-state index in [1.807, 2.05) is 0 Å². The molecule has 0 unspecified atom stereocenters. The molecular formula is C7H10BrN3O. The van der Waals surface area contributed by atoms with Crippen LogP contribution in [-0.4, -0.2) is 28.2 Å². The zero-order valence-electron chi connectivity index (χ0n) is 6.50. The molecule has 0 fully saturated rings. The van der Waals surface area contributed by atoms with E-state index < -0.39 is 0 Å². The molecule has 0 amide bonds. The molecule has 0 spiro atoms. The van der Waals surface area contributed by atoms with Crippen LogP contribution in [0.15, 0.2) is 17.0 Å².